The molecule has 3 atom stereocenters. The summed E-state index contributed by atoms with van der Waals surface area (Å²) in [5.74, 6) is -2.46. The molecule has 3 aliphatic rings. The van der Waals surface area contributed by atoms with Crippen molar-refractivity contribution < 1.29 is 32.5 Å². The standard InChI is InChI=1S/C45H48ClF3N10O4S/c1-27-32-23-53-42(41-50-11-7-12-51-41)54-35(32)10-15-59(27)29-21-34(48)39(49)37(22-29)63-17-6-4-3-5-14-57(2)24-30-26-62-18-16-58(30)25-36-38(45(60)61)40(31-9-8-28(47)20-33(31)46)56-43(55-36)44-52-13-19-64-44/h7-9,11-13,19-23,27,30,40H,3-6,10,14-18,24-26H2,1-2H3,(H,55,56)(H,60,61)/t27?,30-,40+/m1/s1. The van der Waals surface area contributed by atoms with Crippen LogP contribution in [0.25, 0.3) is 11.6 Å². The highest BCUT2D eigenvalue weighted by atomic mass is 35.5. The van der Waals surface area contributed by atoms with Crippen LogP contribution in [-0.4, -0.2) is 117 Å². The Morgan fingerprint density at radius 1 is 1.03 bits per heavy atom. The highest BCUT2D eigenvalue weighted by Gasteiger charge is 2.36. The number of thiazole rings is 1. The molecule has 0 spiro atoms. The molecule has 0 amide bonds. The lowest BCUT2D eigenvalue weighted by atomic mass is 9.95. The summed E-state index contributed by atoms with van der Waals surface area (Å²) >= 11 is 7.84. The lowest BCUT2D eigenvalue weighted by Gasteiger charge is -2.39. The maximum Gasteiger partial charge on any atom is 0.335 e. The highest BCUT2D eigenvalue weighted by molar-refractivity contribution is 7.11. The van der Waals surface area contributed by atoms with Crippen LogP contribution in [0.3, 0.4) is 0 Å². The predicted octanol–water partition coefficient (Wildman–Crippen LogP) is 7.29. The molecule has 2 N–H and O–H groups in total. The number of likely N-dealkylation sites (N-methyl/N-ethyl adjacent to an activating group) is 1. The van der Waals surface area contributed by atoms with E-state index in [0.29, 0.717) is 85.1 Å². The van der Waals surface area contributed by atoms with E-state index in [9.17, 15) is 23.1 Å². The van der Waals surface area contributed by atoms with Gasteiger partial charge in [-0.2, -0.15) is 4.39 Å². The number of halogens is 4. The van der Waals surface area contributed by atoms with E-state index in [2.05, 4.69) is 35.1 Å². The number of carboxylic acid groups (broad SMARTS) is 1. The Hall–Kier alpha value is -5.53. The van der Waals surface area contributed by atoms with Crippen LogP contribution in [0.1, 0.15) is 66.5 Å². The first-order valence-electron chi connectivity index (χ1n) is 21.2. The normalized spacial score (nSPS) is 19.1. The molecule has 1 saturated heterocycles. The molecule has 2 aromatic carbocycles. The summed E-state index contributed by atoms with van der Waals surface area (Å²) in [7, 11) is 2.05. The number of rotatable bonds is 17. The number of benzene rings is 2. The average molecular weight is 917 g/mol. The second-order valence-corrected chi connectivity index (χ2v) is 17.3. The first-order valence-corrected chi connectivity index (χ1v) is 22.5. The molecule has 19 heteroatoms. The number of carbonyl (C=O) groups is 1. The van der Waals surface area contributed by atoms with Gasteiger partial charge >= 0.3 is 5.97 Å². The number of nitrogens with zero attached hydrogens (tertiary/aromatic N) is 9. The van der Waals surface area contributed by atoms with Gasteiger partial charge in [-0.1, -0.05) is 30.5 Å². The number of anilines is 1. The van der Waals surface area contributed by atoms with Crippen LogP contribution < -0.4 is 15.0 Å². The van der Waals surface area contributed by atoms with E-state index in [1.54, 1.807) is 36.9 Å². The second-order valence-electron chi connectivity index (χ2n) is 16.0. The fraction of sp³-hybridized carbons (Fsp3) is 0.400. The van der Waals surface area contributed by atoms with Crippen molar-refractivity contribution in [3.05, 3.63) is 122 Å². The Morgan fingerprint density at radius 3 is 2.64 bits per heavy atom. The summed E-state index contributed by atoms with van der Waals surface area (Å²) in [5.41, 5.74) is 3.17. The zero-order valence-electron chi connectivity index (χ0n) is 35.4. The van der Waals surface area contributed by atoms with E-state index < -0.39 is 29.5 Å². The molecule has 0 bridgehead atoms. The van der Waals surface area contributed by atoms with Gasteiger partial charge in [0.15, 0.2) is 34.1 Å². The van der Waals surface area contributed by atoms with Gasteiger partial charge in [0.2, 0.25) is 5.82 Å². The number of amidine groups is 1. The average Bonchev–Trinajstić information content (AvgIpc) is 3.84. The van der Waals surface area contributed by atoms with Gasteiger partial charge in [-0.25, -0.2) is 38.5 Å². The minimum Gasteiger partial charge on any atom is -0.490 e. The van der Waals surface area contributed by atoms with Gasteiger partial charge in [0.25, 0.3) is 0 Å². The number of morpholine rings is 1. The molecule has 3 aromatic heterocycles. The van der Waals surface area contributed by atoms with Crippen LogP contribution in [0, 0.1) is 17.5 Å². The van der Waals surface area contributed by atoms with Crippen molar-refractivity contribution in [2.24, 2.45) is 4.99 Å². The lowest BCUT2D eigenvalue weighted by Crippen LogP contribution is -2.52. The molecule has 0 aliphatic carbocycles. The molecule has 3 aliphatic heterocycles. The summed E-state index contributed by atoms with van der Waals surface area (Å²) in [6.07, 6.45) is 10.6. The van der Waals surface area contributed by atoms with Gasteiger partial charge in [0.1, 0.15) is 11.9 Å². The number of hydrogen-bond donors (Lipinski definition) is 2. The van der Waals surface area contributed by atoms with Crippen LogP contribution >= 0.6 is 22.9 Å². The molecule has 0 saturated carbocycles. The van der Waals surface area contributed by atoms with E-state index in [1.807, 2.05) is 24.3 Å². The fourth-order valence-electron chi connectivity index (χ4n) is 8.37. The Labute approximate surface area is 377 Å². The summed E-state index contributed by atoms with van der Waals surface area (Å²) in [4.78, 5) is 46.2. The largest absolute Gasteiger partial charge is 0.490 e. The van der Waals surface area contributed by atoms with Crippen molar-refractivity contribution in [2.45, 2.75) is 57.2 Å². The smallest absolute Gasteiger partial charge is 0.335 e. The van der Waals surface area contributed by atoms with E-state index in [4.69, 9.17) is 31.1 Å². The summed E-state index contributed by atoms with van der Waals surface area (Å²) in [5, 5.41) is 16.3. The molecule has 6 heterocycles. The minimum absolute atomic E-state index is 0.0313. The van der Waals surface area contributed by atoms with Crippen LogP contribution in [-0.2, 0) is 16.0 Å². The SMILES string of the molecule is CC1c2cnc(-c3ncccn3)nc2CCN1c1cc(F)c(F)c(OCCCCCCN(C)C[C@@H]2COCCN2CC2=C(C(=O)O)[C@H](c3ccc(F)cc3Cl)N=C(c3nccs3)N2)c1. The maximum atomic E-state index is 15.0. The number of fused-ring (bicyclic) bond motifs is 1. The van der Waals surface area contributed by atoms with Crippen molar-refractivity contribution in [3.8, 4) is 17.4 Å². The van der Waals surface area contributed by atoms with Gasteiger partial charge in [0, 0.05) is 108 Å². The topological polar surface area (TPSA) is 154 Å². The van der Waals surface area contributed by atoms with Gasteiger partial charge in [-0.15, -0.1) is 11.3 Å². The number of hydrogen-bond acceptors (Lipinski definition) is 14. The third-order valence-corrected chi connectivity index (χ3v) is 12.8. The zero-order valence-corrected chi connectivity index (χ0v) is 37.0. The number of nitrogens with one attached hydrogen (secondary N) is 1. The van der Waals surface area contributed by atoms with Gasteiger partial charge in [-0.05, 0) is 51.6 Å². The lowest BCUT2D eigenvalue weighted by molar-refractivity contribution is -0.133. The Bertz CT molecular complexity index is 2500. The molecule has 8 rings (SSSR count). The first kappa shape index (κ1) is 45.1. The predicted molar refractivity (Wildman–Crippen MR) is 237 cm³/mol. The van der Waals surface area contributed by atoms with Crippen molar-refractivity contribution >= 4 is 40.4 Å². The van der Waals surface area contributed by atoms with Crippen LogP contribution in [0.4, 0.5) is 18.9 Å². The number of carboxylic acids is 1. The summed E-state index contributed by atoms with van der Waals surface area (Å²) in [6.45, 7) is 6.10. The number of aliphatic carboxylic acids is 1. The van der Waals surface area contributed by atoms with E-state index in [-0.39, 0.29) is 41.6 Å². The van der Waals surface area contributed by atoms with E-state index in [1.165, 1.54) is 29.5 Å². The Kier molecular flexibility index (Phi) is 14.5. The van der Waals surface area contributed by atoms with Crippen molar-refractivity contribution in [1.29, 1.82) is 0 Å². The van der Waals surface area contributed by atoms with E-state index >= 15 is 0 Å². The van der Waals surface area contributed by atoms with Gasteiger partial charge < -0.3 is 29.7 Å². The molecular formula is C45H48ClF3N10O4S. The number of aliphatic imine (C=N–C) groups is 1. The molecule has 336 valence electrons. The zero-order chi connectivity index (χ0) is 44.7. The monoisotopic (exact) mass is 916 g/mol. The van der Waals surface area contributed by atoms with Crippen molar-refractivity contribution in [3.63, 3.8) is 0 Å². The van der Waals surface area contributed by atoms with Gasteiger partial charge in [-0.3, -0.25) is 9.89 Å². The molecule has 5 aromatic rings. The number of ether oxygens (including phenoxy) is 2. The third-order valence-electron chi connectivity index (χ3n) is 11.7. The minimum atomic E-state index is -1.16. The molecule has 1 fully saturated rings. The fourth-order valence-corrected chi connectivity index (χ4v) is 9.23. The first-order chi connectivity index (χ1) is 31.0. The van der Waals surface area contributed by atoms with E-state index in [0.717, 1.165) is 43.1 Å². The molecule has 0 radical (unpaired) electrons. The molecule has 14 nitrogen and oxygen atoms in total. The van der Waals surface area contributed by atoms with Crippen LogP contribution in [0.2, 0.25) is 5.02 Å². The van der Waals surface area contributed by atoms with Crippen LogP contribution in [0.15, 0.2) is 82.8 Å². The van der Waals surface area contributed by atoms with Crippen molar-refractivity contribution in [2.75, 3.05) is 64.5 Å². The van der Waals surface area contributed by atoms with Crippen LogP contribution in [0.5, 0.6) is 5.75 Å². The maximum absolute atomic E-state index is 15.0. The Balaban J connectivity index is 0.827. The third kappa shape index (κ3) is 10.4. The van der Waals surface area contributed by atoms with Crippen molar-refractivity contribution in [1.82, 2.24) is 40.0 Å². The number of aromatic nitrogens is 5. The summed E-state index contributed by atoms with van der Waals surface area (Å²) in [6, 6.07) is 7.19. The summed E-state index contributed by atoms with van der Waals surface area (Å²) < 4.78 is 55.7. The van der Waals surface area contributed by atoms with Gasteiger partial charge in [0.05, 0.1) is 37.1 Å². The molecular weight excluding hydrogens is 869 g/mol. The Morgan fingerprint density at radius 2 is 1.86 bits per heavy atom. The quantitative estimate of drug-likeness (QED) is 0.0899. The second kappa shape index (κ2) is 20.5. The number of unbranched alkanes of at least 4 members (excludes halogenated alkanes) is 3. The molecule has 1 unspecified atom stereocenters. The molecule has 64 heavy (non-hydrogen) atoms. The highest BCUT2D eigenvalue weighted by Crippen LogP contribution is 2.38.